The topological polar surface area (TPSA) is 3.24 Å². The Balaban J connectivity index is 0.978. The second kappa shape index (κ2) is 12.7. The van der Waals surface area contributed by atoms with E-state index in [1.54, 1.807) is 0 Å². The maximum atomic E-state index is 2.52. The van der Waals surface area contributed by atoms with Gasteiger partial charge in [0.25, 0.3) is 0 Å². The Bertz CT molecular complexity index is 3760. The molecule has 0 saturated carbocycles. The summed E-state index contributed by atoms with van der Waals surface area (Å²) in [5.74, 6) is 0. The van der Waals surface area contributed by atoms with Gasteiger partial charge in [-0.15, -0.1) is 0 Å². The number of hydrogen-bond donors (Lipinski definition) is 0. The van der Waals surface area contributed by atoms with Crippen molar-refractivity contribution in [1.29, 1.82) is 0 Å². The van der Waals surface area contributed by atoms with Crippen LogP contribution in [0.2, 0.25) is 0 Å². The molecule has 0 heterocycles. The van der Waals surface area contributed by atoms with Crippen molar-refractivity contribution in [3.8, 4) is 44.5 Å². The second-order valence-electron chi connectivity index (χ2n) is 18.3. The number of fused-ring (bicyclic) bond motifs is 23. The summed E-state index contributed by atoms with van der Waals surface area (Å²) in [4.78, 5) is 2.47. The summed E-state index contributed by atoms with van der Waals surface area (Å²) in [5.41, 5.74) is 23.9. The molecular formula is C64H39N. The molecule has 1 nitrogen and oxygen atoms in total. The molecule has 0 aliphatic heterocycles. The zero-order valence-electron chi connectivity index (χ0n) is 35.5. The monoisotopic (exact) mass is 821 g/mol. The maximum absolute atomic E-state index is 2.52. The van der Waals surface area contributed by atoms with Crippen LogP contribution in [0, 0.1) is 0 Å². The largest absolute Gasteiger partial charge is 0.310 e. The lowest BCUT2D eigenvalue weighted by Crippen LogP contribution is -2.26. The lowest BCUT2D eigenvalue weighted by Gasteiger charge is -2.32. The minimum absolute atomic E-state index is 0.399. The van der Waals surface area contributed by atoms with Crippen molar-refractivity contribution in [2.24, 2.45) is 0 Å². The molecule has 300 valence electrons. The second-order valence-corrected chi connectivity index (χ2v) is 18.3. The number of hydrogen-bond acceptors (Lipinski definition) is 1. The van der Waals surface area contributed by atoms with Crippen LogP contribution in [0.15, 0.2) is 237 Å². The molecule has 0 radical (unpaired) electrons. The van der Waals surface area contributed by atoms with Crippen molar-refractivity contribution in [2.75, 3.05) is 4.90 Å². The highest BCUT2D eigenvalue weighted by Gasteiger charge is 2.53. The van der Waals surface area contributed by atoms with Crippen molar-refractivity contribution in [3.05, 3.63) is 281 Å². The van der Waals surface area contributed by atoms with Gasteiger partial charge in [-0.05, 0) is 159 Å². The lowest BCUT2D eigenvalue weighted by atomic mass is 9.70. The van der Waals surface area contributed by atoms with Crippen LogP contribution in [0.4, 0.5) is 17.1 Å². The van der Waals surface area contributed by atoms with Crippen molar-refractivity contribution in [1.82, 2.24) is 0 Å². The molecule has 0 N–H and O–H groups in total. The average molecular weight is 822 g/mol. The smallest absolute Gasteiger partial charge is 0.0726 e. The van der Waals surface area contributed by atoms with Gasteiger partial charge >= 0.3 is 0 Å². The van der Waals surface area contributed by atoms with Crippen LogP contribution in [0.25, 0.3) is 66.1 Å². The highest BCUT2D eigenvalue weighted by molar-refractivity contribution is 6.07. The first-order chi connectivity index (χ1) is 32.2. The van der Waals surface area contributed by atoms with Crippen LogP contribution in [0.3, 0.4) is 0 Å². The Hall–Kier alpha value is -8.26. The number of benzene rings is 11. The van der Waals surface area contributed by atoms with E-state index in [1.807, 2.05) is 0 Å². The summed E-state index contributed by atoms with van der Waals surface area (Å²) in [6.45, 7) is 0. The number of anilines is 3. The van der Waals surface area contributed by atoms with Gasteiger partial charge in [-0.2, -0.15) is 0 Å². The summed E-state index contributed by atoms with van der Waals surface area (Å²) >= 11 is 0. The highest BCUT2D eigenvalue weighted by Crippen LogP contribution is 2.65. The minimum Gasteiger partial charge on any atom is -0.310 e. The molecule has 0 saturated heterocycles. The van der Waals surface area contributed by atoms with E-state index >= 15 is 0 Å². The molecule has 11 aromatic carbocycles. The molecule has 0 bridgehead atoms. The summed E-state index contributed by atoms with van der Waals surface area (Å²) < 4.78 is 0. The van der Waals surface area contributed by atoms with Crippen molar-refractivity contribution in [2.45, 2.75) is 10.8 Å². The normalized spacial score (nSPS) is 14.4. The zero-order valence-corrected chi connectivity index (χ0v) is 35.5. The van der Waals surface area contributed by atoms with Crippen molar-refractivity contribution >= 4 is 38.6 Å². The standard InChI is InChI=1S/C64H39N/c1-2-17-43(18-3-1)65(44-32-30-41-37-53-51-24-10-15-29-58(51)63(60(53)38-42(41)36-44)54-25-11-6-20-47(54)48-21-7-12-26-55(48)63)45-33-34-52-61(39-45)64(59-35-31-40-16-4-5-19-46(40)62(52)59)56-27-13-8-22-49(56)50-23-9-14-28-57(50)64/h1-39H. The molecule has 65 heavy (non-hydrogen) atoms. The van der Waals surface area contributed by atoms with Gasteiger partial charge in [0.05, 0.1) is 10.8 Å². The fraction of sp³-hybridized carbons (Fsp3) is 0.0312. The average Bonchev–Trinajstić information content (AvgIpc) is 4.05. The predicted molar refractivity (Wildman–Crippen MR) is 269 cm³/mol. The fourth-order valence-corrected chi connectivity index (χ4v) is 13.0. The van der Waals surface area contributed by atoms with Crippen LogP contribution in [0.1, 0.15) is 44.5 Å². The zero-order chi connectivity index (χ0) is 42.4. The Kier molecular flexibility index (Phi) is 6.88. The van der Waals surface area contributed by atoms with Gasteiger partial charge in [-0.1, -0.05) is 188 Å². The lowest BCUT2D eigenvalue weighted by molar-refractivity contribution is 0.794. The van der Waals surface area contributed by atoms with Gasteiger partial charge in [-0.3, -0.25) is 0 Å². The third kappa shape index (κ3) is 4.33. The molecule has 11 aromatic rings. The fourth-order valence-electron chi connectivity index (χ4n) is 13.0. The summed E-state index contributed by atoms with van der Waals surface area (Å²) in [5, 5.41) is 5.03. The first-order valence-corrected chi connectivity index (χ1v) is 22.8. The van der Waals surface area contributed by atoms with E-state index in [0.717, 1.165) is 17.1 Å². The van der Waals surface area contributed by atoms with Gasteiger partial charge in [0.1, 0.15) is 0 Å². The summed E-state index contributed by atoms with van der Waals surface area (Å²) in [6.07, 6.45) is 0. The van der Waals surface area contributed by atoms with Crippen LogP contribution in [-0.2, 0) is 10.8 Å². The molecule has 1 heteroatoms. The third-order valence-electron chi connectivity index (χ3n) is 15.4. The van der Waals surface area contributed by atoms with E-state index < -0.39 is 10.8 Å². The molecule has 0 amide bonds. The molecular weight excluding hydrogens is 783 g/mol. The molecule has 0 aromatic heterocycles. The number of para-hydroxylation sites is 1. The molecule has 4 aliphatic rings. The van der Waals surface area contributed by atoms with Crippen LogP contribution in [0.5, 0.6) is 0 Å². The number of rotatable bonds is 3. The molecule has 0 fully saturated rings. The predicted octanol–water partition coefficient (Wildman–Crippen LogP) is 16.1. The van der Waals surface area contributed by atoms with E-state index in [2.05, 4.69) is 241 Å². The maximum Gasteiger partial charge on any atom is 0.0726 e. The van der Waals surface area contributed by atoms with Gasteiger partial charge in [0.15, 0.2) is 0 Å². The Labute approximate surface area is 378 Å². The minimum atomic E-state index is -0.471. The molecule has 15 rings (SSSR count). The molecule has 0 atom stereocenters. The van der Waals surface area contributed by atoms with Gasteiger partial charge < -0.3 is 4.90 Å². The van der Waals surface area contributed by atoms with E-state index in [4.69, 9.17) is 0 Å². The Morgan fingerprint density at radius 1 is 0.231 bits per heavy atom. The first-order valence-electron chi connectivity index (χ1n) is 22.8. The van der Waals surface area contributed by atoms with Gasteiger partial charge in [0.2, 0.25) is 0 Å². The van der Waals surface area contributed by atoms with Crippen LogP contribution >= 0.6 is 0 Å². The highest BCUT2D eigenvalue weighted by atomic mass is 15.1. The van der Waals surface area contributed by atoms with Crippen molar-refractivity contribution in [3.63, 3.8) is 0 Å². The third-order valence-corrected chi connectivity index (χ3v) is 15.4. The van der Waals surface area contributed by atoms with Gasteiger partial charge in [0, 0.05) is 17.1 Å². The molecule has 4 aliphatic carbocycles. The SMILES string of the molecule is c1ccc(N(c2ccc3c(c2)C2(c4ccccc4-c4ccccc42)c2ccc4ccccc4c2-3)c2ccc3cc4c(cc3c2)C2(c3ccccc3-c3ccccc32)c2ccccc2-4)cc1. The van der Waals surface area contributed by atoms with Crippen LogP contribution < -0.4 is 4.90 Å². The van der Waals surface area contributed by atoms with E-state index in [1.165, 1.54) is 111 Å². The quantitative estimate of drug-likeness (QED) is 0.172. The number of nitrogens with zero attached hydrogens (tertiary/aromatic N) is 1. The van der Waals surface area contributed by atoms with E-state index in [0.29, 0.717) is 0 Å². The summed E-state index contributed by atoms with van der Waals surface area (Å²) in [7, 11) is 0. The Morgan fingerprint density at radius 3 is 1.31 bits per heavy atom. The van der Waals surface area contributed by atoms with E-state index in [9.17, 15) is 0 Å². The van der Waals surface area contributed by atoms with E-state index in [-0.39, 0.29) is 0 Å². The van der Waals surface area contributed by atoms with Crippen molar-refractivity contribution < 1.29 is 0 Å². The van der Waals surface area contributed by atoms with Crippen LogP contribution in [-0.4, -0.2) is 0 Å². The first kappa shape index (κ1) is 35.2. The Morgan fingerprint density at radius 2 is 0.692 bits per heavy atom. The molecule has 0 unspecified atom stereocenters. The van der Waals surface area contributed by atoms with Gasteiger partial charge in [-0.25, -0.2) is 0 Å². The summed E-state index contributed by atoms with van der Waals surface area (Å²) in [6, 6.07) is 89.4. The molecule has 2 spiro atoms.